The highest BCUT2D eigenvalue weighted by molar-refractivity contribution is 6.03. The normalized spacial score (nSPS) is 23.9. The summed E-state index contributed by atoms with van der Waals surface area (Å²) < 4.78 is 4.64. The van der Waals surface area contributed by atoms with E-state index in [-0.39, 0.29) is 11.3 Å². The first-order valence-corrected chi connectivity index (χ1v) is 3.97. The van der Waals surface area contributed by atoms with Gasteiger partial charge in [0.1, 0.15) is 5.75 Å². The molecule has 14 heavy (non-hydrogen) atoms. The lowest BCUT2D eigenvalue weighted by Gasteiger charge is -2.31. The molecular formula is C9H8O5. The Labute approximate surface area is 79.2 Å². The molecule has 74 valence electrons. The molecule has 1 heterocycles. The van der Waals surface area contributed by atoms with E-state index in [0.29, 0.717) is 0 Å². The van der Waals surface area contributed by atoms with Crippen molar-refractivity contribution in [1.82, 2.24) is 0 Å². The third kappa shape index (κ3) is 1.19. The quantitative estimate of drug-likeness (QED) is 0.476. The molecule has 0 amide bonds. The van der Waals surface area contributed by atoms with Gasteiger partial charge in [-0.2, -0.15) is 0 Å². The number of aliphatic hydroxyl groups excluding tert-OH is 1. The number of ketones is 1. The molecule has 5 heteroatoms. The fourth-order valence-corrected chi connectivity index (χ4v) is 1.29. The third-order valence-electron chi connectivity index (χ3n) is 2.02. The number of aliphatic hydroxyl groups is 3. The van der Waals surface area contributed by atoms with Crippen LogP contribution in [-0.4, -0.2) is 33.2 Å². The molecule has 0 aliphatic carbocycles. The van der Waals surface area contributed by atoms with Crippen LogP contribution in [0.3, 0.4) is 0 Å². The summed E-state index contributed by atoms with van der Waals surface area (Å²) in [6.07, 6.45) is -1.97. The van der Waals surface area contributed by atoms with Crippen molar-refractivity contribution < 1.29 is 24.9 Å². The van der Waals surface area contributed by atoms with Crippen molar-refractivity contribution in [2.45, 2.75) is 12.1 Å². The zero-order chi connectivity index (χ0) is 10.3. The number of carbonyl (C=O) groups is 1. The minimum Gasteiger partial charge on any atom is -0.436 e. The molecule has 1 aromatic carbocycles. The van der Waals surface area contributed by atoms with E-state index in [1.807, 2.05) is 0 Å². The maximum atomic E-state index is 11.4. The zero-order valence-electron chi connectivity index (χ0n) is 7.04. The standard InChI is InChI=1S/C9H8O5/c10-7-5-3-1-2-4-6(5)14-9(12,13)8(7)11/h1-4,8,11-13H. The van der Waals surface area contributed by atoms with Crippen molar-refractivity contribution in [3.05, 3.63) is 29.8 Å². The molecule has 2 rings (SSSR count). The summed E-state index contributed by atoms with van der Waals surface area (Å²) in [5.74, 6) is -3.56. The number of ether oxygens (including phenoxy) is 1. The van der Waals surface area contributed by atoms with E-state index in [1.165, 1.54) is 12.1 Å². The van der Waals surface area contributed by atoms with Gasteiger partial charge in [-0.3, -0.25) is 4.79 Å². The van der Waals surface area contributed by atoms with Crippen LogP contribution >= 0.6 is 0 Å². The number of rotatable bonds is 0. The number of Topliss-reactive ketones (excluding diaryl/α,β-unsaturated/α-hetero) is 1. The van der Waals surface area contributed by atoms with Crippen LogP contribution in [0.25, 0.3) is 0 Å². The number of hydrogen-bond donors (Lipinski definition) is 3. The second-order valence-corrected chi connectivity index (χ2v) is 3.02. The molecule has 1 aromatic rings. The first-order valence-electron chi connectivity index (χ1n) is 3.97. The summed E-state index contributed by atoms with van der Waals surface area (Å²) in [6.45, 7) is 0. The molecule has 0 radical (unpaired) electrons. The predicted octanol–water partition coefficient (Wildman–Crippen LogP) is -0.739. The number of fused-ring (bicyclic) bond motifs is 1. The van der Waals surface area contributed by atoms with Crippen molar-refractivity contribution >= 4 is 5.78 Å². The summed E-state index contributed by atoms with van der Waals surface area (Å²) in [6, 6.07) is 6.03. The highest BCUT2D eigenvalue weighted by Crippen LogP contribution is 2.30. The van der Waals surface area contributed by atoms with Crippen molar-refractivity contribution in [3.63, 3.8) is 0 Å². The molecule has 1 atom stereocenters. The molecule has 0 aromatic heterocycles. The van der Waals surface area contributed by atoms with Crippen LogP contribution in [0.4, 0.5) is 0 Å². The Morgan fingerprint density at radius 2 is 1.93 bits per heavy atom. The summed E-state index contributed by atoms with van der Waals surface area (Å²) in [5.41, 5.74) is 0.138. The monoisotopic (exact) mass is 196 g/mol. The van der Waals surface area contributed by atoms with Gasteiger partial charge in [0.25, 0.3) is 0 Å². The van der Waals surface area contributed by atoms with Gasteiger partial charge in [-0.15, -0.1) is 0 Å². The smallest absolute Gasteiger partial charge is 0.357 e. The molecule has 1 aliphatic heterocycles. The number of carbonyl (C=O) groups excluding carboxylic acids is 1. The lowest BCUT2D eigenvalue weighted by atomic mass is 10.0. The fraction of sp³-hybridized carbons (Fsp3) is 0.222. The van der Waals surface area contributed by atoms with E-state index in [1.54, 1.807) is 12.1 Å². The van der Waals surface area contributed by atoms with Gasteiger partial charge >= 0.3 is 5.97 Å². The summed E-state index contributed by atoms with van der Waals surface area (Å²) in [7, 11) is 0. The van der Waals surface area contributed by atoms with E-state index >= 15 is 0 Å². The topological polar surface area (TPSA) is 87.0 Å². The Morgan fingerprint density at radius 3 is 2.64 bits per heavy atom. The Kier molecular flexibility index (Phi) is 1.81. The highest BCUT2D eigenvalue weighted by atomic mass is 16.8. The van der Waals surface area contributed by atoms with Crippen LogP contribution in [0.15, 0.2) is 24.3 Å². The molecule has 1 unspecified atom stereocenters. The van der Waals surface area contributed by atoms with Crippen molar-refractivity contribution in [1.29, 1.82) is 0 Å². The lowest BCUT2D eigenvalue weighted by Crippen LogP contribution is -2.54. The molecule has 0 fully saturated rings. The Balaban J connectivity index is 2.54. The average molecular weight is 196 g/mol. The fourth-order valence-electron chi connectivity index (χ4n) is 1.29. The van der Waals surface area contributed by atoms with E-state index in [9.17, 15) is 9.90 Å². The van der Waals surface area contributed by atoms with Gasteiger partial charge in [0.2, 0.25) is 11.9 Å². The summed E-state index contributed by atoms with van der Waals surface area (Å²) >= 11 is 0. The molecule has 0 saturated heterocycles. The van der Waals surface area contributed by atoms with E-state index in [0.717, 1.165) is 0 Å². The molecule has 0 bridgehead atoms. The molecule has 0 saturated carbocycles. The van der Waals surface area contributed by atoms with E-state index in [4.69, 9.17) is 10.2 Å². The Morgan fingerprint density at radius 1 is 1.29 bits per heavy atom. The van der Waals surface area contributed by atoms with Crippen LogP contribution < -0.4 is 4.74 Å². The average Bonchev–Trinajstić information content (AvgIpc) is 2.14. The largest absolute Gasteiger partial charge is 0.436 e. The maximum absolute atomic E-state index is 11.4. The molecular weight excluding hydrogens is 188 g/mol. The highest BCUT2D eigenvalue weighted by Gasteiger charge is 2.46. The van der Waals surface area contributed by atoms with Crippen LogP contribution in [-0.2, 0) is 0 Å². The first-order chi connectivity index (χ1) is 6.52. The van der Waals surface area contributed by atoms with Crippen LogP contribution in [0.1, 0.15) is 10.4 Å². The third-order valence-corrected chi connectivity index (χ3v) is 2.02. The van der Waals surface area contributed by atoms with Gasteiger partial charge in [-0.05, 0) is 12.1 Å². The summed E-state index contributed by atoms with van der Waals surface area (Å²) in [4.78, 5) is 11.4. The Bertz CT molecular complexity index is 385. The molecule has 1 aliphatic rings. The minimum atomic E-state index is -2.84. The molecule has 3 N–H and O–H groups in total. The van der Waals surface area contributed by atoms with Gasteiger partial charge in [0.15, 0.2) is 0 Å². The van der Waals surface area contributed by atoms with Gasteiger partial charge in [-0.25, -0.2) is 0 Å². The Hall–Kier alpha value is -1.43. The summed E-state index contributed by atoms with van der Waals surface area (Å²) in [5, 5.41) is 27.4. The van der Waals surface area contributed by atoms with Crippen molar-refractivity contribution in [2.75, 3.05) is 0 Å². The lowest BCUT2D eigenvalue weighted by molar-refractivity contribution is -0.328. The number of para-hydroxylation sites is 1. The minimum absolute atomic E-state index is 0.0489. The van der Waals surface area contributed by atoms with E-state index < -0.39 is 17.9 Å². The molecule has 5 nitrogen and oxygen atoms in total. The predicted molar refractivity (Wildman–Crippen MR) is 44.6 cm³/mol. The van der Waals surface area contributed by atoms with Gasteiger partial charge in [-0.1, -0.05) is 12.1 Å². The van der Waals surface area contributed by atoms with E-state index in [2.05, 4.69) is 4.74 Å². The van der Waals surface area contributed by atoms with Crippen LogP contribution in [0.2, 0.25) is 0 Å². The zero-order valence-corrected chi connectivity index (χ0v) is 7.04. The van der Waals surface area contributed by atoms with Gasteiger partial charge in [0.05, 0.1) is 5.56 Å². The van der Waals surface area contributed by atoms with Gasteiger partial charge < -0.3 is 20.1 Å². The first kappa shape index (κ1) is 9.14. The van der Waals surface area contributed by atoms with Crippen LogP contribution in [0.5, 0.6) is 5.75 Å². The number of hydrogen-bond acceptors (Lipinski definition) is 5. The maximum Gasteiger partial charge on any atom is 0.357 e. The molecule has 0 spiro atoms. The van der Waals surface area contributed by atoms with Crippen molar-refractivity contribution in [3.8, 4) is 5.75 Å². The van der Waals surface area contributed by atoms with Gasteiger partial charge in [0, 0.05) is 0 Å². The number of benzene rings is 1. The SMILES string of the molecule is O=C1c2ccccc2OC(O)(O)C1O. The van der Waals surface area contributed by atoms with Crippen LogP contribution in [0, 0.1) is 0 Å². The van der Waals surface area contributed by atoms with Crippen molar-refractivity contribution in [2.24, 2.45) is 0 Å². The second kappa shape index (κ2) is 2.78. The second-order valence-electron chi connectivity index (χ2n) is 3.02.